The third-order valence-corrected chi connectivity index (χ3v) is 4.73. The number of aromatic nitrogens is 1. The van der Waals surface area contributed by atoms with Crippen LogP contribution >= 0.6 is 0 Å². The normalized spacial score (nSPS) is 20.4. The largest absolute Gasteiger partial charge is 0.441 e. The number of carbonyl (C=O) groups excluding carboxylic acids is 1. The van der Waals surface area contributed by atoms with E-state index in [1.807, 2.05) is 0 Å². The Bertz CT molecular complexity index is 708. The van der Waals surface area contributed by atoms with Crippen LogP contribution in [0.4, 0.5) is 4.39 Å². The quantitative estimate of drug-likeness (QED) is 0.843. The summed E-state index contributed by atoms with van der Waals surface area (Å²) in [7, 11) is 0. The fraction of sp³-hybridized carbons (Fsp3) is 0.474. The van der Waals surface area contributed by atoms with Crippen LogP contribution in [0.1, 0.15) is 38.0 Å². The average molecular weight is 346 g/mol. The van der Waals surface area contributed by atoms with Crippen molar-refractivity contribution in [1.29, 1.82) is 0 Å². The highest BCUT2D eigenvalue weighted by atomic mass is 19.1. The number of rotatable bonds is 6. The molecule has 0 aliphatic heterocycles. The van der Waals surface area contributed by atoms with Crippen molar-refractivity contribution in [3.63, 3.8) is 0 Å². The summed E-state index contributed by atoms with van der Waals surface area (Å²) in [5.41, 5.74) is 0.367. The Morgan fingerprint density at radius 3 is 2.76 bits per heavy atom. The van der Waals surface area contributed by atoms with Gasteiger partial charge in [0.1, 0.15) is 5.82 Å². The first kappa shape index (κ1) is 17.6. The van der Waals surface area contributed by atoms with Crippen LogP contribution in [-0.2, 0) is 11.2 Å². The maximum Gasteiger partial charge on any atom is 0.220 e. The van der Waals surface area contributed by atoms with E-state index < -0.39 is 0 Å². The topological polar surface area (TPSA) is 75.4 Å². The molecule has 5 nitrogen and oxygen atoms in total. The Morgan fingerprint density at radius 1 is 1.28 bits per heavy atom. The fourth-order valence-electron chi connectivity index (χ4n) is 3.22. The number of benzene rings is 1. The second-order valence-corrected chi connectivity index (χ2v) is 6.57. The summed E-state index contributed by atoms with van der Waals surface area (Å²) in [6, 6.07) is 6.55. The number of nitrogens with zero attached hydrogens (tertiary/aromatic N) is 1. The Morgan fingerprint density at radius 2 is 2.04 bits per heavy atom. The van der Waals surface area contributed by atoms with Crippen LogP contribution < -0.4 is 5.32 Å². The number of nitrogens with one attached hydrogen (secondary N) is 1. The van der Waals surface area contributed by atoms with Gasteiger partial charge in [0.25, 0.3) is 0 Å². The molecule has 0 spiro atoms. The highest BCUT2D eigenvalue weighted by Crippen LogP contribution is 2.25. The van der Waals surface area contributed by atoms with Crippen LogP contribution in [0.15, 0.2) is 34.9 Å². The van der Waals surface area contributed by atoms with E-state index in [1.165, 1.54) is 12.3 Å². The molecular formula is C19H23FN2O3. The number of hydrogen-bond donors (Lipinski definition) is 2. The van der Waals surface area contributed by atoms with Crippen molar-refractivity contribution >= 4 is 5.91 Å². The molecule has 2 N–H and O–H groups in total. The lowest BCUT2D eigenvalue weighted by Gasteiger charge is -2.27. The molecule has 6 heteroatoms. The van der Waals surface area contributed by atoms with Crippen molar-refractivity contribution < 1.29 is 18.7 Å². The molecule has 0 saturated heterocycles. The summed E-state index contributed by atoms with van der Waals surface area (Å²) in [4.78, 5) is 16.2. The molecule has 1 saturated carbocycles. The number of oxazole rings is 1. The highest BCUT2D eigenvalue weighted by Gasteiger charge is 2.22. The van der Waals surface area contributed by atoms with Crippen LogP contribution in [-0.4, -0.2) is 28.6 Å². The standard InChI is InChI=1S/C19H23FN2O3/c20-16-4-2-1-3-15(16)17-11-21-19(25-17)10-9-18(24)22-14-7-5-13(12-23)6-8-14/h1-4,11,13-14,23H,5-10,12H2,(H,22,24). The van der Waals surface area contributed by atoms with Gasteiger partial charge in [0, 0.05) is 25.5 Å². The molecule has 1 fully saturated rings. The van der Waals surface area contributed by atoms with Gasteiger partial charge in [-0.3, -0.25) is 4.79 Å². The van der Waals surface area contributed by atoms with Crippen molar-refractivity contribution in [3.8, 4) is 11.3 Å². The predicted octanol–water partition coefficient (Wildman–Crippen LogP) is 3.08. The average Bonchev–Trinajstić information content (AvgIpc) is 3.10. The smallest absolute Gasteiger partial charge is 0.220 e. The fourth-order valence-corrected chi connectivity index (χ4v) is 3.22. The lowest BCUT2D eigenvalue weighted by Crippen LogP contribution is -2.38. The van der Waals surface area contributed by atoms with Gasteiger partial charge >= 0.3 is 0 Å². The summed E-state index contributed by atoms with van der Waals surface area (Å²) < 4.78 is 19.3. The van der Waals surface area contributed by atoms with Gasteiger partial charge in [-0.05, 0) is 43.7 Å². The van der Waals surface area contributed by atoms with Crippen LogP contribution in [0.2, 0.25) is 0 Å². The van der Waals surface area contributed by atoms with Crippen molar-refractivity contribution in [3.05, 3.63) is 42.2 Å². The molecule has 134 valence electrons. The minimum absolute atomic E-state index is 0.0295. The van der Waals surface area contributed by atoms with Crippen molar-refractivity contribution in [1.82, 2.24) is 10.3 Å². The Labute approximate surface area is 146 Å². The predicted molar refractivity (Wildman–Crippen MR) is 91.2 cm³/mol. The molecule has 1 amide bonds. The number of aliphatic hydroxyl groups is 1. The summed E-state index contributed by atoms with van der Waals surface area (Å²) in [6.45, 7) is 0.231. The lowest BCUT2D eigenvalue weighted by atomic mass is 9.86. The second kappa shape index (κ2) is 8.25. The van der Waals surface area contributed by atoms with Crippen LogP contribution in [0.25, 0.3) is 11.3 Å². The Kier molecular flexibility index (Phi) is 5.81. The van der Waals surface area contributed by atoms with Gasteiger partial charge in [0.2, 0.25) is 5.91 Å². The lowest BCUT2D eigenvalue weighted by molar-refractivity contribution is -0.122. The SMILES string of the molecule is O=C(CCc1ncc(-c2ccccc2F)o1)NC1CCC(CO)CC1. The molecule has 25 heavy (non-hydrogen) atoms. The zero-order chi connectivity index (χ0) is 17.6. The molecule has 0 atom stereocenters. The Hall–Kier alpha value is -2.21. The number of aryl methyl sites for hydroxylation is 1. The molecule has 1 aliphatic carbocycles. The summed E-state index contributed by atoms with van der Waals surface area (Å²) in [6.07, 6.45) is 5.88. The number of hydrogen-bond acceptors (Lipinski definition) is 4. The van der Waals surface area contributed by atoms with E-state index in [0.717, 1.165) is 25.7 Å². The molecule has 1 aliphatic rings. The third kappa shape index (κ3) is 4.66. The zero-order valence-corrected chi connectivity index (χ0v) is 14.1. The van der Waals surface area contributed by atoms with Crippen LogP contribution in [0, 0.1) is 11.7 Å². The van der Waals surface area contributed by atoms with Gasteiger partial charge < -0.3 is 14.8 Å². The van der Waals surface area contributed by atoms with E-state index in [4.69, 9.17) is 9.52 Å². The maximum atomic E-state index is 13.7. The molecule has 1 aromatic carbocycles. The van der Waals surface area contributed by atoms with Gasteiger partial charge in [-0.2, -0.15) is 0 Å². The molecular weight excluding hydrogens is 323 g/mol. The van der Waals surface area contributed by atoms with Crippen molar-refractivity contribution in [2.75, 3.05) is 6.61 Å². The molecule has 1 aromatic heterocycles. The van der Waals surface area contributed by atoms with Crippen molar-refractivity contribution in [2.24, 2.45) is 5.92 Å². The number of carbonyl (C=O) groups is 1. The zero-order valence-electron chi connectivity index (χ0n) is 14.1. The summed E-state index contributed by atoms with van der Waals surface area (Å²) >= 11 is 0. The van der Waals surface area contributed by atoms with Crippen LogP contribution in [0.5, 0.6) is 0 Å². The van der Waals surface area contributed by atoms with E-state index in [-0.39, 0.29) is 30.8 Å². The maximum absolute atomic E-state index is 13.7. The third-order valence-electron chi connectivity index (χ3n) is 4.73. The van der Waals surface area contributed by atoms with Crippen molar-refractivity contribution in [2.45, 2.75) is 44.6 Å². The van der Waals surface area contributed by atoms with E-state index in [9.17, 15) is 9.18 Å². The molecule has 1 heterocycles. The van der Waals surface area contributed by atoms with E-state index in [0.29, 0.717) is 29.6 Å². The van der Waals surface area contributed by atoms with E-state index >= 15 is 0 Å². The number of halogens is 1. The molecule has 0 bridgehead atoms. The van der Waals surface area contributed by atoms with Gasteiger partial charge in [0.15, 0.2) is 11.7 Å². The molecule has 3 rings (SSSR count). The first-order valence-corrected chi connectivity index (χ1v) is 8.75. The molecule has 0 radical (unpaired) electrons. The first-order chi connectivity index (χ1) is 12.2. The Balaban J connectivity index is 1.48. The van der Waals surface area contributed by atoms with Gasteiger partial charge in [-0.15, -0.1) is 0 Å². The van der Waals surface area contributed by atoms with E-state index in [1.54, 1.807) is 18.2 Å². The molecule has 0 unspecified atom stereocenters. The molecule has 2 aromatic rings. The van der Waals surface area contributed by atoms with E-state index in [2.05, 4.69) is 10.3 Å². The monoisotopic (exact) mass is 346 g/mol. The summed E-state index contributed by atoms with van der Waals surface area (Å²) in [5.74, 6) is 0.782. The first-order valence-electron chi connectivity index (χ1n) is 8.75. The van der Waals surface area contributed by atoms with Gasteiger partial charge in [0.05, 0.1) is 11.8 Å². The number of aliphatic hydroxyl groups excluding tert-OH is 1. The number of amides is 1. The van der Waals surface area contributed by atoms with Gasteiger partial charge in [-0.25, -0.2) is 9.37 Å². The minimum Gasteiger partial charge on any atom is -0.441 e. The summed E-state index contributed by atoms with van der Waals surface area (Å²) in [5, 5.41) is 12.2. The highest BCUT2D eigenvalue weighted by molar-refractivity contribution is 5.76. The minimum atomic E-state index is -0.360. The van der Waals surface area contributed by atoms with Gasteiger partial charge in [-0.1, -0.05) is 12.1 Å². The second-order valence-electron chi connectivity index (χ2n) is 6.57. The van der Waals surface area contributed by atoms with Crippen LogP contribution in [0.3, 0.4) is 0 Å².